The van der Waals surface area contributed by atoms with Crippen LogP contribution in [0.15, 0.2) is 24.3 Å². The van der Waals surface area contributed by atoms with Crippen LogP contribution in [0.2, 0.25) is 0 Å². The molecule has 1 aliphatic rings. The number of benzene rings is 1. The average Bonchev–Trinajstić information content (AvgIpc) is 2.85. The summed E-state index contributed by atoms with van der Waals surface area (Å²) >= 11 is 0. The van der Waals surface area contributed by atoms with Gasteiger partial charge in [0, 0.05) is 13.1 Å². The van der Waals surface area contributed by atoms with E-state index in [0.29, 0.717) is 11.5 Å². The molecule has 1 N–H and O–H groups in total. The summed E-state index contributed by atoms with van der Waals surface area (Å²) in [6.45, 7) is 6.86. The van der Waals surface area contributed by atoms with Crippen LogP contribution in [0.5, 0.6) is 0 Å². The van der Waals surface area contributed by atoms with Gasteiger partial charge in [-0.15, -0.1) is 5.10 Å². The van der Waals surface area contributed by atoms with Crippen LogP contribution in [0, 0.1) is 5.41 Å². The molecule has 2 atom stereocenters. The van der Waals surface area contributed by atoms with E-state index in [0.717, 1.165) is 18.7 Å². The molecule has 0 saturated carbocycles. The Bertz CT molecular complexity index is 646. The lowest BCUT2D eigenvalue weighted by molar-refractivity contribution is 0.262. The lowest BCUT2D eigenvalue weighted by Crippen LogP contribution is -2.29. The highest BCUT2D eigenvalue weighted by molar-refractivity contribution is 5.32. The monoisotopic (exact) mass is 299 g/mol. The van der Waals surface area contributed by atoms with Gasteiger partial charge in [0.25, 0.3) is 0 Å². The van der Waals surface area contributed by atoms with E-state index in [1.54, 1.807) is 4.68 Å². The Morgan fingerprint density at radius 2 is 2.09 bits per heavy atom. The molecule has 3 rings (SSSR count). The van der Waals surface area contributed by atoms with Crippen LogP contribution in [-0.4, -0.2) is 20.2 Å². The first-order chi connectivity index (χ1) is 10.5. The van der Waals surface area contributed by atoms with Crippen molar-refractivity contribution in [3.05, 3.63) is 41.2 Å². The fourth-order valence-corrected chi connectivity index (χ4v) is 3.47. The number of fused-ring (bicyclic) bond motifs is 1. The Labute approximate surface area is 132 Å². The Morgan fingerprint density at radius 3 is 2.82 bits per heavy atom. The first-order valence-electron chi connectivity index (χ1n) is 8.02. The normalized spacial score (nSPS) is 21.9. The molecular weight excluding hydrogens is 274 g/mol. The minimum absolute atomic E-state index is 0.118. The first-order valence-corrected chi connectivity index (χ1v) is 8.02. The molecule has 0 unspecified atom stereocenters. The van der Waals surface area contributed by atoms with E-state index >= 15 is 0 Å². The maximum Gasteiger partial charge on any atom is 0.167 e. The van der Waals surface area contributed by atoms with Crippen molar-refractivity contribution in [1.29, 1.82) is 0 Å². The van der Waals surface area contributed by atoms with E-state index < -0.39 is 0 Å². The highest BCUT2D eigenvalue weighted by Crippen LogP contribution is 2.40. The van der Waals surface area contributed by atoms with Crippen molar-refractivity contribution < 1.29 is 0 Å². The number of aryl methyl sites for hydroxylation is 2. The van der Waals surface area contributed by atoms with Gasteiger partial charge in [0.15, 0.2) is 5.82 Å². The Balaban J connectivity index is 1.88. The topological polar surface area (TPSA) is 55.6 Å². The van der Waals surface area contributed by atoms with Crippen LogP contribution in [-0.2, 0) is 13.5 Å². The molecule has 1 heterocycles. The maximum atomic E-state index is 4.14. The van der Waals surface area contributed by atoms with Gasteiger partial charge in [-0.3, -0.25) is 0 Å². The molecule has 0 amide bonds. The van der Waals surface area contributed by atoms with Crippen molar-refractivity contribution in [3.8, 4) is 0 Å². The summed E-state index contributed by atoms with van der Waals surface area (Å²) in [7, 11) is 1.89. The zero-order chi connectivity index (χ0) is 15.7. The van der Waals surface area contributed by atoms with Gasteiger partial charge in [-0.2, -0.15) is 0 Å². The van der Waals surface area contributed by atoms with Crippen molar-refractivity contribution in [2.24, 2.45) is 12.5 Å². The molecule has 118 valence electrons. The molecule has 22 heavy (non-hydrogen) atoms. The number of rotatable bonds is 3. The second-order valence-corrected chi connectivity index (χ2v) is 7.17. The summed E-state index contributed by atoms with van der Waals surface area (Å²) in [4.78, 5) is 0. The lowest BCUT2D eigenvalue weighted by atomic mass is 9.83. The molecule has 1 aromatic carbocycles. The fraction of sp³-hybridized carbons (Fsp3) is 0.588. The van der Waals surface area contributed by atoms with Gasteiger partial charge in [0.1, 0.15) is 0 Å². The highest BCUT2D eigenvalue weighted by Gasteiger charge is 2.30. The van der Waals surface area contributed by atoms with E-state index in [1.807, 2.05) is 7.05 Å². The first kappa shape index (κ1) is 15.2. The molecular formula is C17H25N5. The summed E-state index contributed by atoms with van der Waals surface area (Å²) in [5, 5.41) is 15.6. The van der Waals surface area contributed by atoms with Gasteiger partial charge < -0.3 is 5.32 Å². The zero-order valence-corrected chi connectivity index (χ0v) is 13.9. The number of tetrazole rings is 1. The predicted molar refractivity (Wildman–Crippen MR) is 86.3 cm³/mol. The van der Waals surface area contributed by atoms with E-state index in [4.69, 9.17) is 0 Å². The lowest BCUT2D eigenvalue weighted by Gasteiger charge is -2.29. The third kappa shape index (κ3) is 3.04. The van der Waals surface area contributed by atoms with Crippen LogP contribution in [0.4, 0.5) is 0 Å². The molecule has 0 radical (unpaired) electrons. The van der Waals surface area contributed by atoms with Crippen LogP contribution < -0.4 is 5.32 Å². The van der Waals surface area contributed by atoms with E-state index in [9.17, 15) is 0 Å². The van der Waals surface area contributed by atoms with Crippen molar-refractivity contribution in [1.82, 2.24) is 25.5 Å². The van der Waals surface area contributed by atoms with Gasteiger partial charge in [0.05, 0.1) is 6.04 Å². The van der Waals surface area contributed by atoms with Crippen LogP contribution in [0.25, 0.3) is 0 Å². The Kier molecular flexibility index (Phi) is 4.00. The van der Waals surface area contributed by atoms with Crippen LogP contribution in [0.1, 0.15) is 62.6 Å². The van der Waals surface area contributed by atoms with Crippen LogP contribution >= 0.6 is 0 Å². The van der Waals surface area contributed by atoms with Crippen molar-refractivity contribution in [2.45, 2.75) is 52.1 Å². The third-order valence-corrected chi connectivity index (χ3v) is 4.75. The Morgan fingerprint density at radius 1 is 1.32 bits per heavy atom. The van der Waals surface area contributed by atoms with Crippen molar-refractivity contribution in [3.63, 3.8) is 0 Å². The number of hydrogen-bond donors (Lipinski definition) is 1. The quantitative estimate of drug-likeness (QED) is 0.885. The minimum atomic E-state index is 0.118. The standard InChI is InChI=1S/C17H25N5/c1-12(16-19-20-21-22(16)4)18-15-11-17(2,3)10-9-13-7-5-6-8-14(13)15/h5-8,12,15,18H,9-11H2,1-4H3/t12-,15+/m1/s1. The van der Waals surface area contributed by atoms with Crippen LogP contribution in [0.3, 0.4) is 0 Å². The maximum absolute atomic E-state index is 4.14. The minimum Gasteiger partial charge on any atom is -0.301 e. The third-order valence-electron chi connectivity index (χ3n) is 4.75. The van der Waals surface area contributed by atoms with Crippen molar-refractivity contribution in [2.75, 3.05) is 0 Å². The van der Waals surface area contributed by atoms with Gasteiger partial charge in [-0.25, -0.2) is 4.68 Å². The molecule has 1 aromatic heterocycles. The molecule has 0 spiro atoms. The second kappa shape index (κ2) is 5.80. The molecule has 5 heteroatoms. The summed E-state index contributed by atoms with van der Waals surface area (Å²) in [6.07, 6.45) is 3.50. The SMILES string of the molecule is C[C@@H](N[C@H]1CC(C)(C)CCc2ccccc21)c1nnnn1C. The number of nitrogens with one attached hydrogen (secondary N) is 1. The van der Waals surface area contributed by atoms with Gasteiger partial charge in [0.2, 0.25) is 0 Å². The molecule has 5 nitrogen and oxygen atoms in total. The predicted octanol–water partition coefficient (Wildman–Crippen LogP) is 2.96. The van der Waals surface area contributed by atoms with Gasteiger partial charge in [-0.05, 0) is 53.2 Å². The van der Waals surface area contributed by atoms with Gasteiger partial charge >= 0.3 is 0 Å². The summed E-state index contributed by atoms with van der Waals surface area (Å²) < 4.78 is 1.74. The number of aromatic nitrogens is 4. The summed E-state index contributed by atoms with van der Waals surface area (Å²) in [5.74, 6) is 0.875. The average molecular weight is 299 g/mol. The Hall–Kier alpha value is -1.75. The number of hydrogen-bond acceptors (Lipinski definition) is 4. The van der Waals surface area contributed by atoms with Crippen molar-refractivity contribution >= 4 is 0 Å². The summed E-state index contributed by atoms with van der Waals surface area (Å²) in [5.41, 5.74) is 3.22. The van der Waals surface area contributed by atoms with E-state index in [-0.39, 0.29) is 6.04 Å². The highest BCUT2D eigenvalue weighted by atomic mass is 15.5. The second-order valence-electron chi connectivity index (χ2n) is 7.17. The molecule has 0 bridgehead atoms. The van der Waals surface area contributed by atoms with Gasteiger partial charge in [-0.1, -0.05) is 38.1 Å². The molecule has 0 fully saturated rings. The molecule has 1 aliphatic carbocycles. The van der Waals surface area contributed by atoms with E-state index in [2.05, 4.69) is 65.9 Å². The largest absolute Gasteiger partial charge is 0.301 e. The smallest absolute Gasteiger partial charge is 0.167 e. The molecule has 0 saturated heterocycles. The molecule has 2 aromatic rings. The fourth-order valence-electron chi connectivity index (χ4n) is 3.47. The number of nitrogens with zero attached hydrogens (tertiary/aromatic N) is 4. The van der Waals surface area contributed by atoms with E-state index in [1.165, 1.54) is 17.5 Å². The summed E-state index contributed by atoms with van der Waals surface area (Å²) in [6, 6.07) is 9.26. The zero-order valence-electron chi connectivity index (χ0n) is 13.9. The molecule has 0 aliphatic heterocycles.